The highest BCUT2D eigenvalue weighted by Crippen LogP contribution is 2.34. The van der Waals surface area contributed by atoms with E-state index in [4.69, 9.17) is 0 Å². The summed E-state index contributed by atoms with van der Waals surface area (Å²) in [5.41, 5.74) is -0.124. The van der Waals surface area contributed by atoms with Crippen LogP contribution in [-0.4, -0.2) is 29.8 Å². The van der Waals surface area contributed by atoms with Crippen molar-refractivity contribution in [1.82, 2.24) is 4.90 Å². The topological polar surface area (TPSA) is 20.3 Å². The van der Waals surface area contributed by atoms with Gasteiger partial charge in [0.2, 0.25) is 0 Å². The maximum atomic E-state index is 13.6. The fourth-order valence-electron chi connectivity index (χ4n) is 2.40. The van der Waals surface area contributed by atoms with Gasteiger partial charge < -0.3 is 0 Å². The first kappa shape index (κ1) is 12.7. The van der Waals surface area contributed by atoms with Crippen LogP contribution >= 0.6 is 0 Å². The Hall–Kier alpha value is -1.29. The molecule has 2 aliphatic carbocycles. The Labute approximate surface area is 111 Å². The first-order chi connectivity index (χ1) is 9.13. The SMILES string of the molecule is O=C(CN(CC1CC1)C1CC1)c1cc(F)ccc1F. The third-order valence-electron chi connectivity index (χ3n) is 3.83. The van der Waals surface area contributed by atoms with Crippen molar-refractivity contribution in [3.05, 3.63) is 35.4 Å². The maximum Gasteiger partial charge on any atom is 0.179 e. The minimum absolute atomic E-state index is 0.124. The molecule has 0 radical (unpaired) electrons. The highest BCUT2D eigenvalue weighted by molar-refractivity contribution is 5.97. The molecule has 0 unspecified atom stereocenters. The molecule has 0 saturated heterocycles. The zero-order valence-electron chi connectivity index (χ0n) is 10.7. The number of halogens is 2. The van der Waals surface area contributed by atoms with Crippen LogP contribution in [0.1, 0.15) is 36.0 Å². The molecule has 2 saturated carbocycles. The van der Waals surface area contributed by atoms with Gasteiger partial charge in [0, 0.05) is 12.6 Å². The predicted molar refractivity (Wildman–Crippen MR) is 68.0 cm³/mol. The molecule has 0 N–H and O–H groups in total. The molecule has 0 heterocycles. The van der Waals surface area contributed by atoms with Crippen molar-refractivity contribution < 1.29 is 13.6 Å². The van der Waals surface area contributed by atoms with Gasteiger partial charge in [-0.3, -0.25) is 9.69 Å². The molecular formula is C15H17F2NO. The molecule has 3 rings (SSSR count). The molecule has 0 amide bonds. The summed E-state index contributed by atoms with van der Waals surface area (Å²) in [4.78, 5) is 14.3. The van der Waals surface area contributed by atoms with Gasteiger partial charge in [-0.2, -0.15) is 0 Å². The first-order valence-electron chi connectivity index (χ1n) is 6.86. The molecule has 102 valence electrons. The quantitative estimate of drug-likeness (QED) is 0.737. The van der Waals surface area contributed by atoms with E-state index in [-0.39, 0.29) is 17.9 Å². The van der Waals surface area contributed by atoms with Crippen molar-refractivity contribution in [1.29, 1.82) is 0 Å². The smallest absolute Gasteiger partial charge is 0.179 e. The van der Waals surface area contributed by atoms with E-state index in [1.54, 1.807) is 0 Å². The summed E-state index contributed by atoms with van der Waals surface area (Å²) in [6, 6.07) is 3.53. The van der Waals surface area contributed by atoms with Crippen LogP contribution in [0.4, 0.5) is 8.78 Å². The molecule has 0 aromatic heterocycles. The van der Waals surface area contributed by atoms with E-state index in [9.17, 15) is 13.6 Å². The zero-order valence-corrected chi connectivity index (χ0v) is 10.7. The van der Waals surface area contributed by atoms with Gasteiger partial charge >= 0.3 is 0 Å². The van der Waals surface area contributed by atoms with Crippen LogP contribution in [0.2, 0.25) is 0 Å². The Morgan fingerprint density at radius 1 is 1.21 bits per heavy atom. The molecule has 0 bridgehead atoms. The number of ketones is 1. The van der Waals surface area contributed by atoms with E-state index in [1.165, 1.54) is 12.8 Å². The predicted octanol–water partition coefficient (Wildman–Crippen LogP) is 3.02. The van der Waals surface area contributed by atoms with E-state index in [2.05, 4.69) is 4.90 Å². The van der Waals surface area contributed by atoms with Crippen LogP contribution in [-0.2, 0) is 0 Å². The summed E-state index contributed by atoms with van der Waals surface area (Å²) in [5.74, 6) is -0.811. The Bertz CT molecular complexity index is 495. The summed E-state index contributed by atoms with van der Waals surface area (Å²) < 4.78 is 26.7. The third kappa shape index (κ3) is 3.18. The Balaban J connectivity index is 1.69. The van der Waals surface area contributed by atoms with Crippen LogP contribution in [0.5, 0.6) is 0 Å². The Morgan fingerprint density at radius 3 is 2.58 bits per heavy atom. The Kier molecular flexibility index (Phi) is 3.35. The highest BCUT2D eigenvalue weighted by atomic mass is 19.1. The molecule has 1 aromatic rings. The summed E-state index contributed by atoms with van der Waals surface area (Å²) in [7, 11) is 0. The van der Waals surface area contributed by atoms with Crippen LogP contribution in [0.3, 0.4) is 0 Å². The van der Waals surface area contributed by atoms with E-state index < -0.39 is 11.6 Å². The molecule has 0 spiro atoms. The van der Waals surface area contributed by atoms with Gasteiger partial charge in [-0.15, -0.1) is 0 Å². The zero-order chi connectivity index (χ0) is 13.4. The molecule has 1 aromatic carbocycles. The van der Waals surface area contributed by atoms with Crippen LogP contribution < -0.4 is 0 Å². The van der Waals surface area contributed by atoms with Crippen LogP contribution in [0, 0.1) is 17.6 Å². The Morgan fingerprint density at radius 2 is 1.95 bits per heavy atom. The summed E-state index contributed by atoms with van der Waals surface area (Å²) in [6.45, 7) is 1.13. The second-order valence-corrected chi connectivity index (χ2v) is 5.65. The van der Waals surface area contributed by atoms with Crippen LogP contribution in [0.25, 0.3) is 0 Å². The lowest BCUT2D eigenvalue weighted by Gasteiger charge is -2.21. The number of nitrogens with zero attached hydrogens (tertiary/aromatic N) is 1. The van der Waals surface area contributed by atoms with Crippen molar-refractivity contribution in [2.75, 3.05) is 13.1 Å². The summed E-state index contributed by atoms with van der Waals surface area (Å²) >= 11 is 0. The number of rotatable bonds is 6. The number of carbonyl (C=O) groups is 1. The van der Waals surface area contributed by atoms with Crippen molar-refractivity contribution in [2.45, 2.75) is 31.7 Å². The minimum Gasteiger partial charge on any atom is -0.293 e. The number of benzene rings is 1. The maximum absolute atomic E-state index is 13.6. The minimum atomic E-state index is -0.631. The second kappa shape index (κ2) is 5.00. The van der Waals surface area contributed by atoms with Gasteiger partial charge in [0.05, 0.1) is 12.1 Å². The van der Waals surface area contributed by atoms with E-state index >= 15 is 0 Å². The third-order valence-corrected chi connectivity index (χ3v) is 3.83. The molecular weight excluding hydrogens is 248 g/mol. The number of carbonyl (C=O) groups excluding carboxylic acids is 1. The normalized spacial score (nSPS) is 18.9. The van der Waals surface area contributed by atoms with Crippen molar-refractivity contribution in [2.24, 2.45) is 5.92 Å². The van der Waals surface area contributed by atoms with Crippen molar-refractivity contribution in [3.63, 3.8) is 0 Å². The molecule has 4 heteroatoms. The lowest BCUT2D eigenvalue weighted by Crippen LogP contribution is -2.34. The van der Waals surface area contributed by atoms with Gasteiger partial charge in [-0.25, -0.2) is 8.78 Å². The number of hydrogen-bond donors (Lipinski definition) is 0. The largest absolute Gasteiger partial charge is 0.293 e. The highest BCUT2D eigenvalue weighted by Gasteiger charge is 2.34. The molecule has 19 heavy (non-hydrogen) atoms. The van der Waals surface area contributed by atoms with Gasteiger partial charge in [0.15, 0.2) is 5.78 Å². The monoisotopic (exact) mass is 265 g/mol. The van der Waals surface area contributed by atoms with Gasteiger partial charge in [-0.05, 0) is 49.8 Å². The van der Waals surface area contributed by atoms with E-state index in [0.717, 1.165) is 37.6 Å². The lowest BCUT2D eigenvalue weighted by atomic mass is 10.1. The lowest BCUT2D eigenvalue weighted by molar-refractivity contribution is 0.0916. The van der Waals surface area contributed by atoms with Crippen molar-refractivity contribution in [3.8, 4) is 0 Å². The average molecular weight is 265 g/mol. The van der Waals surface area contributed by atoms with Gasteiger partial charge in [0.25, 0.3) is 0 Å². The van der Waals surface area contributed by atoms with Gasteiger partial charge in [0.1, 0.15) is 11.6 Å². The van der Waals surface area contributed by atoms with Crippen molar-refractivity contribution >= 4 is 5.78 Å². The van der Waals surface area contributed by atoms with Crippen LogP contribution in [0.15, 0.2) is 18.2 Å². The standard InChI is InChI=1S/C15H17F2NO/c16-11-3-6-14(17)13(7-11)15(19)9-18(12-4-5-12)8-10-1-2-10/h3,6-7,10,12H,1-2,4-5,8-9H2. The molecule has 2 nitrogen and oxygen atoms in total. The summed E-state index contributed by atoms with van der Waals surface area (Å²) in [5, 5.41) is 0. The molecule has 0 aliphatic heterocycles. The molecule has 2 aliphatic rings. The van der Waals surface area contributed by atoms with E-state index in [1.807, 2.05) is 0 Å². The number of Topliss-reactive ketones (excluding diaryl/α,β-unsaturated/α-hetero) is 1. The average Bonchev–Trinajstić information content (AvgIpc) is 3.24. The first-order valence-corrected chi connectivity index (χ1v) is 6.86. The van der Waals surface area contributed by atoms with E-state index in [0.29, 0.717) is 12.0 Å². The van der Waals surface area contributed by atoms with Gasteiger partial charge in [-0.1, -0.05) is 0 Å². The summed E-state index contributed by atoms with van der Waals surface area (Å²) in [6.07, 6.45) is 4.69. The fourth-order valence-corrected chi connectivity index (χ4v) is 2.40. The second-order valence-electron chi connectivity index (χ2n) is 5.65. The fraction of sp³-hybridized carbons (Fsp3) is 0.533. The molecule has 2 fully saturated rings. The molecule has 0 atom stereocenters. The number of hydrogen-bond acceptors (Lipinski definition) is 2.